The highest BCUT2D eigenvalue weighted by Crippen LogP contribution is 2.31. The van der Waals surface area contributed by atoms with Crippen LogP contribution < -0.4 is 10.1 Å². The van der Waals surface area contributed by atoms with Gasteiger partial charge in [-0.1, -0.05) is 11.6 Å². The summed E-state index contributed by atoms with van der Waals surface area (Å²) in [6.45, 7) is 1.87. The summed E-state index contributed by atoms with van der Waals surface area (Å²) in [6, 6.07) is 6.73. The number of hydrogen-bond acceptors (Lipinski definition) is 3. The number of pyridine rings is 1. The average molecular weight is 313 g/mol. The van der Waals surface area contributed by atoms with Gasteiger partial charge in [-0.25, -0.2) is 0 Å². The summed E-state index contributed by atoms with van der Waals surface area (Å²) in [6.07, 6.45) is 3.13. The number of anilines is 1. The Morgan fingerprint density at radius 1 is 1.30 bits per heavy atom. The summed E-state index contributed by atoms with van der Waals surface area (Å²) < 4.78 is 5.23. The Morgan fingerprint density at radius 3 is 2.55 bits per heavy atom. The van der Waals surface area contributed by atoms with Crippen molar-refractivity contribution in [2.45, 2.75) is 6.92 Å². The van der Waals surface area contributed by atoms with Gasteiger partial charge in [-0.05, 0) is 36.8 Å². The molecule has 1 heterocycles. The first-order chi connectivity index (χ1) is 9.11. The lowest BCUT2D eigenvalue weighted by atomic mass is 10.2. The molecule has 1 amide bonds. The third kappa shape index (κ3) is 3.62. The van der Waals surface area contributed by atoms with Crippen LogP contribution in [0.5, 0.6) is 5.75 Å². The number of hydrogen-bond donors (Lipinski definition) is 1. The van der Waals surface area contributed by atoms with E-state index in [2.05, 4.69) is 10.3 Å². The van der Waals surface area contributed by atoms with Gasteiger partial charge < -0.3 is 10.1 Å². The Bertz CT molecular complexity index is 604. The van der Waals surface area contributed by atoms with Crippen LogP contribution in [0.1, 0.15) is 15.9 Å². The van der Waals surface area contributed by atoms with Crippen molar-refractivity contribution < 1.29 is 9.53 Å². The van der Waals surface area contributed by atoms with Crippen LogP contribution in [0.15, 0.2) is 36.7 Å². The third-order valence-corrected chi connectivity index (χ3v) is 3.08. The SMILES string of the molecule is COc1cc(C)c(Cl)cc1NC(=O)c1ccncc1.Cl. The highest BCUT2D eigenvalue weighted by atomic mass is 35.5. The van der Waals surface area contributed by atoms with E-state index in [1.54, 1.807) is 43.8 Å². The molecule has 0 spiro atoms. The van der Waals surface area contributed by atoms with Crippen molar-refractivity contribution in [2.75, 3.05) is 12.4 Å². The minimum Gasteiger partial charge on any atom is -0.495 e. The van der Waals surface area contributed by atoms with Crippen molar-refractivity contribution >= 4 is 35.6 Å². The second kappa shape index (κ2) is 7.12. The van der Waals surface area contributed by atoms with E-state index in [1.807, 2.05) is 6.92 Å². The van der Waals surface area contributed by atoms with Crippen molar-refractivity contribution in [3.05, 3.63) is 52.8 Å². The molecule has 1 N–H and O–H groups in total. The van der Waals surface area contributed by atoms with Crippen LogP contribution in [-0.2, 0) is 0 Å². The lowest BCUT2D eigenvalue weighted by molar-refractivity contribution is 0.102. The molecule has 0 aliphatic rings. The molecule has 1 aromatic heterocycles. The number of carbonyl (C=O) groups excluding carboxylic acids is 1. The van der Waals surface area contributed by atoms with Crippen molar-refractivity contribution in [3.8, 4) is 5.75 Å². The largest absolute Gasteiger partial charge is 0.495 e. The molecule has 0 fully saturated rings. The quantitative estimate of drug-likeness (QED) is 0.939. The standard InChI is InChI=1S/C14H13ClN2O2.ClH/c1-9-7-13(19-2)12(8-11(9)15)17-14(18)10-3-5-16-6-4-10;/h3-8H,1-2H3,(H,17,18);1H. The van der Waals surface area contributed by atoms with Gasteiger partial charge in [-0.15, -0.1) is 12.4 Å². The van der Waals surface area contributed by atoms with E-state index in [4.69, 9.17) is 16.3 Å². The molecule has 0 atom stereocenters. The number of carbonyl (C=O) groups is 1. The Hall–Kier alpha value is -1.78. The van der Waals surface area contributed by atoms with E-state index in [1.165, 1.54) is 0 Å². The van der Waals surface area contributed by atoms with Crippen LogP contribution >= 0.6 is 24.0 Å². The van der Waals surface area contributed by atoms with Crippen LogP contribution in [0.3, 0.4) is 0 Å². The monoisotopic (exact) mass is 312 g/mol. The molecule has 0 aliphatic heterocycles. The van der Waals surface area contributed by atoms with E-state index in [9.17, 15) is 4.79 Å². The molecule has 0 aliphatic carbocycles. The number of rotatable bonds is 3. The molecule has 20 heavy (non-hydrogen) atoms. The summed E-state index contributed by atoms with van der Waals surface area (Å²) >= 11 is 6.06. The normalized spacial score (nSPS) is 9.55. The first-order valence-corrected chi connectivity index (χ1v) is 6.05. The van der Waals surface area contributed by atoms with Crippen LogP contribution in [0.4, 0.5) is 5.69 Å². The molecule has 0 saturated heterocycles. The van der Waals surface area contributed by atoms with Gasteiger partial charge in [-0.2, -0.15) is 0 Å². The third-order valence-electron chi connectivity index (χ3n) is 2.67. The minimum absolute atomic E-state index is 0. The molecule has 106 valence electrons. The van der Waals surface area contributed by atoms with E-state index in [-0.39, 0.29) is 18.3 Å². The maximum atomic E-state index is 12.0. The number of benzene rings is 1. The summed E-state index contributed by atoms with van der Waals surface area (Å²) in [5.41, 5.74) is 1.95. The lowest BCUT2D eigenvalue weighted by Crippen LogP contribution is -2.12. The zero-order chi connectivity index (χ0) is 13.8. The van der Waals surface area contributed by atoms with E-state index < -0.39 is 0 Å². The van der Waals surface area contributed by atoms with Gasteiger partial charge in [0.2, 0.25) is 0 Å². The van der Waals surface area contributed by atoms with Crippen molar-refractivity contribution in [1.82, 2.24) is 4.98 Å². The number of halogens is 2. The molecule has 4 nitrogen and oxygen atoms in total. The number of aromatic nitrogens is 1. The predicted octanol–water partition coefficient (Wildman–Crippen LogP) is 3.73. The number of ether oxygens (including phenoxy) is 1. The molecule has 2 aromatic rings. The van der Waals surface area contributed by atoms with Gasteiger partial charge in [0, 0.05) is 23.0 Å². The maximum Gasteiger partial charge on any atom is 0.255 e. The maximum absolute atomic E-state index is 12.0. The average Bonchev–Trinajstić information content (AvgIpc) is 2.43. The van der Waals surface area contributed by atoms with Gasteiger partial charge >= 0.3 is 0 Å². The fourth-order valence-corrected chi connectivity index (χ4v) is 1.78. The molecular formula is C14H14Cl2N2O2. The minimum atomic E-state index is -0.236. The van der Waals surface area contributed by atoms with E-state index >= 15 is 0 Å². The molecule has 1 aromatic carbocycles. The molecule has 6 heteroatoms. The Kier molecular flexibility index (Phi) is 5.80. The molecule has 0 unspecified atom stereocenters. The number of methoxy groups -OCH3 is 1. The second-order valence-corrected chi connectivity index (χ2v) is 4.40. The van der Waals surface area contributed by atoms with Gasteiger partial charge in [0.05, 0.1) is 12.8 Å². The highest BCUT2D eigenvalue weighted by molar-refractivity contribution is 6.31. The van der Waals surface area contributed by atoms with Crippen molar-refractivity contribution in [1.29, 1.82) is 0 Å². The molecule has 2 rings (SSSR count). The molecule has 0 radical (unpaired) electrons. The predicted molar refractivity (Wildman–Crippen MR) is 82.2 cm³/mol. The zero-order valence-electron chi connectivity index (χ0n) is 11.0. The van der Waals surface area contributed by atoms with E-state index in [0.717, 1.165) is 5.56 Å². The molecule has 0 saturated carbocycles. The fraction of sp³-hybridized carbons (Fsp3) is 0.143. The van der Waals surface area contributed by atoms with Gasteiger partial charge in [-0.3, -0.25) is 9.78 Å². The zero-order valence-corrected chi connectivity index (χ0v) is 12.6. The number of amides is 1. The van der Waals surface area contributed by atoms with Gasteiger partial charge in [0.15, 0.2) is 0 Å². The fourth-order valence-electron chi connectivity index (χ4n) is 1.62. The Labute approximate surface area is 128 Å². The Balaban J connectivity index is 0.00000200. The highest BCUT2D eigenvalue weighted by Gasteiger charge is 2.11. The van der Waals surface area contributed by atoms with Gasteiger partial charge in [0.1, 0.15) is 5.75 Å². The number of nitrogens with zero attached hydrogens (tertiary/aromatic N) is 1. The van der Waals surface area contributed by atoms with E-state index in [0.29, 0.717) is 22.0 Å². The summed E-state index contributed by atoms with van der Waals surface area (Å²) in [5, 5.41) is 3.34. The van der Waals surface area contributed by atoms with Crippen LogP contribution in [0.2, 0.25) is 5.02 Å². The van der Waals surface area contributed by atoms with Crippen LogP contribution in [0, 0.1) is 6.92 Å². The smallest absolute Gasteiger partial charge is 0.255 e. The Morgan fingerprint density at radius 2 is 1.95 bits per heavy atom. The first-order valence-electron chi connectivity index (χ1n) is 5.67. The number of aryl methyl sites for hydroxylation is 1. The van der Waals surface area contributed by atoms with Crippen LogP contribution in [-0.4, -0.2) is 18.0 Å². The topological polar surface area (TPSA) is 51.2 Å². The number of nitrogens with one attached hydrogen (secondary N) is 1. The van der Waals surface area contributed by atoms with Crippen molar-refractivity contribution in [3.63, 3.8) is 0 Å². The van der Waals surface area contributed by atoms with Gasteiger partial charge in [0.25, 0.3) is 5.91 Å². The van der Waals surface area contributed by atoms with Crippen LogP contribution in [0.25, 0.3) is 0 Å². The summed E-state index contributed by atoms with van der Waals surface area (Å²) in [7, 11) is 1.55. The molecular weight excluding hydrogens is 299 g/mol. The summed E-state index contributed by atoms with van der Waals surface area (Å²) in [4.78, 5) is 15.9. The summed E-state index contributed by atoms with van der Waals surface area (Å²) in [5.74, 6) is 0.338. The molecule has 0 bridgehead atoms. The lowest BCUT2D eigenvalue weighted by Gasteiger charge is -2.12. The first kappa shape index (κ1) is 16.3. The second-order valence-electron chi connectivity index (χ2n) is 3.99. The van der Waals surface area contributed by atoms with Crippen molar-refractivity contribution in [2.24, 2.45) is 0 Å².